The number of nitrogens with zero attached hydrogens (tertiary/aromatic N) is 2. The highest BCUT2D eigenvalue weighted by Crippen LogP contribution is 2.04. The minimum atomic E-state index is 0.0555. The van der Waals surface area contributed by atoms with E-state index in [2.05, 4.69) is 16.3 Å². The Kier molecular flexibility index (Phi) is 6.34. The predicted octanol–water partition coefficient (Wildman–Crippen LogP) is 0.183. The third-order valence-electron chi connectivity index (χ3n) is 2.57. The van der Waals surface area contributed by atoms with Gasteiger partial charge in [-0.2, -0.15) is 5.26 Å². The van der Waals surface area contributed by atoms with Gasteiger partial charge in [-0.3, -0.25) is 10.2 Å². The van der Waals surface area contributed by atoms with E-state index >= 15 is 0 Å². The molecule has 2 atom stereocenters. The van der Waals surface area contributed by atoms with Gasteiger partial charge >= 0.3 is 0 Å². The van der Waals surface area contributed by atoms with E-state index in [1.54, 1.807) is 0 Å². The van der Waals surface area contributed by atoms with E-state index in [1.807, 2.05) is 13.8 Å². The van der Waals surface area contributed by atoms with Gasteiger partial charge in [0.25, 0.3) is 0 Å². The third-order valence-corrected chi connectivity index (χ3v) is 2.57. The Morgan fingerprint density at radius 2 is 2.50 bits per heavy atom. The lowest BCUT2D eigenvalue weighted by Gasteiger charge is -2.32. The maximum atomic E-state index is 8.62. The van der Waals surface area contributed by atoms with Gasteiger partial charge in [-0.15, -0.1) is 0 Å². The minimum absolute atomic E-state index is 0.0555. The van der Waals surface area contributed by atoms with Crippen LogP contribution in [0.2, 0.25) is 0 Å². The Morgan fingerprint density at radius 3 is 3.19 bits per heavy atom. The summed E-state index contributed by atoms with van der Waals surface area (Å²) >= 11 is 0. The molecule has 2 unspecified atom stereocenters. The molecule has 0 saturated carbocycles. The Balaban J connectivity index is 2.19. The van der Waals surface area contributed by atoms with E-state index in [-0.39, 0.29) is 12.3 Å². The average Bonchev–Trinajstić information content (AvgIpc) is 2.28. The molecule has 0 aliphatic carbocycles. The van der Waals surface area contributed by atoms with Crippen LogP contribution in [0.4, 0.5) is 0 Å². The van der Waals surface area contributed by atoms with Gasteiger partial charge in [-0.05, 0) is 13.8 Å². The fourth-order valence-corrected chi connectivity index (χ4v) is 1.75. The molecule has 1 N–H and O–H groups in total. The first-order valence-corrected chi connectivity index (χ1v) is 5.82. The molecule has 1 saturated heterocycles. The SMILES string of the molecule is CCOC(C)NCC1CN(CC#N)CCO1. The molecular weight excluding hydrogens is 206 g/mol. The van der Waals surface area contributed by atoms with Gasteiger partial charge in [-0.1, -0.05) is 0 Å². The summed E-state index contributed by atoms with van der Waals surface area (Å²) in [5.41, 5.74) is 0. The highest BCUT2D eigenvalue weighted by Gasteiger charge is 2.20. The van der Waals surface area contributed by atoms with Gasteiger partial charge in [-0.25, -0.2) is 0 Å². The lowest BCUT2D eigenvalue weighted by Crippen LogP contribution is -2.48. The monoisotopic (exact) mass is 227 g/mol. The molecule has 1 fully saturated rings. The standard InChI is InChI=1S/C11H21N3O2/c1-3-15-10(2)13-8-11-9-14(5-4-12)6-7-16-11/h10-11,13H,3,5-9H2,1-2H3. The molecule has 1 heterocycles. The number of nitrogens with one attached hydrogen (secondary N) is 1. The molecule has 1 aliphatic rings. The zero-order valence-corrected chi connectivity index (χ0v) is 10.1. The zero-order chi connectivity index (χ0) is 11.8. The highest BCUT2D eigenvalue weighted by molar-refractivity contribution is 4.81. The molecule has 1 rings (SSSR count). The van der Waals surface area contributed by atoms with Crippen molar-refractivity contribution in [2.24, 2.45) is 0 Å². The number of rotatable bonds is 6. The second-order valence-electron chi connectivity index (χ2n) is 3.89. The van der Waals surface area contributed by atoms with Gasteiger partial charge in [0.05, 0.1) is 25.3 Å². The summed E-state index contributed by atoms with van der Waals surface area (Å²) in [5.74, 6) is 0. The van der Waals surface area contributed by atoms with Crippen LogP contribution in [0.5, 0.6) is 0 Å². The maximum Gasteiger partial charge on any atom is 0.105 e. The van der Waals surface area contributed by atoms with E-state index in [1.165, 1.54) is 0 Å². The van der Waals surface area contributed by atoms with Gasteiger partial charge in [0.1, 0.15) is 6.23 Å². The molecule has 16 heavy (non-hydrogen) atoms. The zero-order valence-electron chi connectivity index (χ0n) is 10.1. The van der Waals surface area contributed by atoms with Crippen molar-refractivity contribution in [2.45, 2.75) is 26.2 Å². The Bertz CT molecular complexity index is 230. The van der Waals surface area contributed by atoms with Crippen LogP contribution in [-0.2, 0) is 9.47 Å². The summed E-state index contributed by atoms with van der Waals surface area (Å²) in [7, 11) is 0. The fraction of sp³-hybridized carbons (Fsp3) is 0.909. The van der Waals surface area contributed by atoms with Crippen molar-refractivity contribution in [1.82, 2.24) is 10.2 Å². The first kappa shape index (κ1) is 13.4. The summed E-state index contributed by atoms with van der Waals surface area (Å²) in [6.07, 6.45) is 0.213. The predicted molar refractivity (Wildman–Crippen MR) is 60.9 cm³/mol. The van der Waals surface area contributed by atoms with Crippen LogP contribution in [0.3, 0.4) is 0 Å². The van der Waals surface area contributed by atoms with E-state index in [0.29, 0.717) is 19.8 Å². The normalized spacial score (nSPS) is 23.9. The van der Waals surface area contributed by atoms with Crippen molar-refractivity contribution >= 4 is 0 Å². The van der Waals surface area contributed by atoms with Crippen molar-refractivity contribution in [2.75, 3.05) is 39.4 Å². The maximum absolute atomic E-state index is 8.62. The van der Waals surface area contributed by atoms with Crippen molar-refractivity contribution in [1.29, 1.82) is 5.26 Å². The second kappa shape index (κ2) is 7.58. The molecule has 0 bridgehead atoms. The Morgan fingerprint density at radius 1 is 1.69 bits per heavy atom. The highest BCUT2D eigenvalue weighted by atomic mass is 16.5. The second-order valence-corrected chi connectivity index (χ2v) is 3.89. The van der Waals surface area contributed by atoms with Crippen LogP contribution >= 0.6 is 0 Å². The third kappa shape index (κ3) is 4.90. The number of morpholine rings is 1. The molecule has 0 aromatic rings. The van der Waals surface area contributed by atoms with Gasteiger partial charge in [0.15, 0.2) is 0 Å². The van der Waals surface area contributed by atoms with Crippen LogP contribution in [0.1, 0.15) is 13.8 Å². The van der Waals surface area contributed by atoms with Crippen molar-refractivity contribution in [3.63, 3.8) is 0 Å². The molecule has 0 radical (unpaired) electrons. The van der Waals surface area contributed by atoms with Crippen LogP contribution in [0.15, 0.2) is 0 Å². The molecule has 0 aromatic heterocycles. The number of ether oxygens (including phenoxy) is 2. The number of nitriles is 1. The fourth-order valence-electron chi connectivity index (χ4n) is 1.75. The summed E-state index contributed by atoms with van der Waals surface area (Å²) in [5, 5.41) is 11.9. The first-order chi connectivity index (χ1) is 7.76. The van der Waals surface area contributed by atoms with Gasteiger partial charge in [0, 0.05) is 26.2 Å². The molecule has 0 aromatic carbocycles. The van der Waals surface area contributed by atoms with Crippen LogP contribution in [-0.4, -0.2) is 56.6 Å². The Labute approximate surface area is 97.3 Å². The quantitative estimate of drug-likeness (QED) is 0.518. The molecular formula is C11H21N3O2. The average molecular weight is 227 g/mol. The lowest BCUT2D eigenvalue weighted by atomic mass is 10.2. The van der Waals surface area contributed by atoms with Crippen LogP contribution in [0, 0.1) is 11.3 Å². The van der Waals surface area contributed by atoms with Gasteiger partial charge in [0.2, 0.25) is 0 Å². The molecule has 0 spiro atoms. The first-order valence-electron chi connectivity index (χ1n) is 5.82. The number of hydrogen-bond donors (Lipinski definition) is 1. The van der Waals surface area contributed by atoms with E-state index in [4.69, 9.17) is 14.7 Å². The van der Waals surface area contributed by atoms with E-state index in [0.717, 1.165) is 19.6 Å². The molecule has 0 amide bonds. The van der Waals surface area contributed by atoms with E-state index in [9.17, 15) is 0 Å². The van der Waals surface area contributed by atoms with Crippen molar-refractivity contribution < 1.29 is 9.47 Å². The molecule has 92 valence electrons. The summed E-state index contributed by atoms with van der Waals surface area (Å²) in [6, 6.07) is 2.17. The van der Waals surface area contributed by atoms with Crippen LogP contribution in [0.25, 0.3) is 0 Å². The summed E-state index contributed by atoms with van der Waals surface area (Å²) in [4.78, 5) is 2.11. The summed E-state index contributed by atoms with van der Waals surface area (Å²) < 4.78 is 11.0. The van der Waals surface area contributed by atoms with Crippen molar-refractivity contribution in [3.8, 4) is 6.07 Å². The molecule has 1 aliphatic heterocycles. The smallest absolute Gasteiger partial charge is 0.105 e. The summed E-state index contributed by atoms with van der Waals surface area (Å²) in [6.45, 7) is 8.30. The topological polar surface area (TPSA) is 57.5 Å². The minimum Gasteiger partial charge on any atom is -0.374 e. The number of hydrogen-bond acceptors (Lipinski definition) is 5. The van der Waals surface area contributed by atoms with Crippen LogP contribution < -0.4 is 5.32 Å². The molecule has 5 nitrogen and oxygen atoms in total. The van der Waals surface area contributed by atoms with Gasteiger partial charge < -0.3 is 9.47 Å². The largest absolute Gasteiger partial charge is 0.374 e. The van der Waals surface area contributed by atoms with E-state index < -0.39 is 0 Å². The van der Waals surface area contributed by atoms with Crippen molar-refractivity contribution in [3.05, 3.63) is 0 Å². The Hall–Kier alpha value is -0.670. The lowest BCUT2D eigenvalue weighted by molar-refractivity contribution is -0.0341. The molecule has 5 heteroatoms.